The quantitative estimate of drug-likeness (QED) is 0.442. The second-order valence-corrected chi connectivity index (χ2v) is 5.51. The van der Waals surface area contributed by atoms with E-state index in [0.29, 0.717) is 5.52 Å². The van der Waals surface area contributed by atoms with E-state index < -0.39 is 10.1 Å². The molecule has 2 aromatic carbocycles. The zero-order chi connectivity index (χ0) is 13.5. The van der Waals surface area contributed by atoms with Crippen molar-refractivity contribution < 1.29 is 18.0 Å². The minimum absolute atomic E-state index is 0.321. The number of benzene rings is 2. The van der Waals surface area contributed by atoms with Crippen LogP contribution >= 0.6 is 0 Å². The van der Waals surface area contributed by atoms with Crippen molar-refractivity contribution in [1.29, 1.82) is 0 Å². The summed E-state index contributed by atoms with van der Waals surface area (Å²) < 4.78 is 26.4. The number of pyridine rings is 1. The normalized spacial score (nSPS) is 12.1. The monoisotopic (exact) mass is 275 g/mol. The zero-order valence-corrected chi connectivity index (χ0v) is 10.5. The lowest BCUT2D eigenvalue weighted by Gasteiger charge is -2.05. The van der Waals surface area contributed by atoms with Crippen LogP contribution in [0.1, 0.15) is 0 Å². The maximum absolute atomic E-state index is 11.4. The van der Waals surface area contributed by atoms with Gasteiger partial charge in [0, 0.05) is 10.8 Å². The fraction of sp³-hybridized carbons (Fsp3) is 0. The SMILES string of the molecule is O=S(=O)(OO)c1ccc2ccc3ccccc3c2n1. The average Bonchev–Trinajstić information content (AvgIpc) is 2.46. The highest BCUT2D eigenvalue weighted by molar-refractivity contribution is 7.86. The van der Waals surface area contributed by atoms with E-state index in [4.69, 9.17) is 5.26 Å². The van der Waals surface area contributed by atoms with Crippen molar-refractivity contribution >= 4 is 31.8 Å². The molecule has 5 nitrogen and oxygen atoms in total. The summed E-state index contributed by atoms with van der Waals surface area (Å²) >= 11 is 0. The molecule has 0 aliphatic rings. The maximum atomic E-state index is 11.4. The Morgan fingerprint density at radius 1 is 0.947 bits per heavy atom. The molecule has 96 valence electrons. The summed E-state index contributed by atoms with van der Waals surface area (Å²) in [6.07, 6.45) is 0. The molecule has 1 heterocycles. The van der Waals surface area contributed by atoms with Crippen molar-refractivity contribution in [2.45, 2.75) is 5.03 Å². The fourth-order valence-electron chi connectivity index (χ4n) is 2.02. The van der Waals surface area contributed by atoms with Gasteiger partial charge in [0.15, 0.2) is 5.03 Å². The lowest BCUT2D eigenvalue weighted by Crippen LogP contribution is -2.05. The van der Waals surface area contributed by atoms with E-state index in [1.54, 1.807) is 6.07 Å². The molecule has 0 aliphatic heterocycles. The van der Waals surface area contributed by atoms with E-state index in [2.05, 4.69) is 9.32 Å². The van der Waals surface area contributed by atoms with Gasteiger partial charge in [-0.2, -0.15) is 8.42 Å². The van der Waals surface area contributed by atoms with Crippen LogP contribution in [-0.2, 0) is 14.5 Å². The van der Waals surface area contributed by atoms with Gasteiger partial charge in [0.2, 0.25) is 0 Å². The molecule has 0 bridgehead atoms. The van der Waals surface area contributed by atoms with Crippen LogP contribution in [0.25, 0.3) is 21.7 Å². The summed E-state index contributed by atoms with van der Waals surface area (Å²) in [5, 5.41) is 10.7. The van der Waals surface area contributed by atoms with E-state index in [0.717, 1.165) is 16.2 Å². The number of nitrogens with zero attached hydrogens (tertiary/aromatic N) is 1. The van der Waals surface area contributed by atoms with Crippen LogP contribution in [0.4, 0.5) is 0 Å². The Hall–Kier alpha value is -2.02. The molecule has 0 unspecified atom stereocenters. The third-order valence-corrected chi connectivity index (χ3v) is 3.85. The van der Waals surface area contributed by atoms with Crippen LogP contribution in [0, 0.1) is 0 Å². The predicted octanol–water partition coefficient (Wildman–Crippen LogP) is 2.57. The number of hydrogen-bond donors (Lipinski definition) is 1. The van der Waals surface area contributed by atoms with Crippen molar-refractivity contribution in [2.24, 2.45) is 0 Å². The van der Waals surface area contributed by atoms with Crippen molar-refractivity contribution in [3.63, 3.8) is 0 Å². The van der Waals surface area contributed by atoms with Crippen LogP contribution in [-0.4, -0.2) is 18.7 Å². The van der Waals surface area contributed by atoms with Crippen LogP contribution in [0.15, 0.2) is 53.6 Å². The van der Waals surface area contributed by atoms with Crippen LogP contribution < -0.4 is 0 Å². The highest BCUT2D eigenvalue weighted by Crippen LogP contribution is 2.25. The Morgan fingerprint density at radius 3 is 2.42 bits per heavy atom. The van der Waals surface area contributed by atoms with Gasteiger partial charge in [0.05, 0.1) is 5.52 Å². The first-order valence-electron chi connectivity index (χ1n) is 5.48. The van der Waals surface area contributed by atoms with Gasteiger partial charge < -0.3 is 0 Å². The van der Waals surface area contributed by atoms with Crippen LogP contribution in [0.5, 0.6) is 0 Å². The number of rotatable bonds is 2. The summed E-state index contributed by atoms with van der Waals surface area (Å²) in [5.41, 5.74) is 0.552. The van der Waals surface area contributed by atoms with Gasteiger partial charge in [-0.05, 0) is 17.5 Å². The standard InChI is InChI=1S/C13H9NO4S/c15-18-19(16,17)12-8-7-10-6-5-9-3-1-2-4-11(9)13(10)14-12/h1-8,15H. The Labute approximate surface area is 109 Å². The van der Waals surface area contributed by atoms with Gasteiger partial charge in [0.25, 0.3) is 0 Å². The Morgan fingerprint density at radius 2 is 1.63 bits per heavy atom. The first kappa shape index (κ1) is 12.0. The second kappa shape index (κ2) is 4.27. The molecule has 1 N–H and O–H groups in total. The lowest BCUT2D eigenvalue weighted by atomic mass is 10.1. The topological polar surface area (TPSA) is 76.5 Å². The van der Waals surface area contributed by atoms with E-state index in [-0.39, 0.29) is 5.03 Å². The third kappa shape index (κ3) is 1.95. The molecule has 0 saturated heterocycles. The van der Waals surface area contributed by atoms with Crippen molar-refractivity contribution in [1.82, 2.24) is 4.98 Å². The van der Waals surface area contributed by atoms with Gasteiger partial charge in [0.1, 0.15) is 0 Å². The molecule has 0 radical (unpaired) electrons. The van der Waals surface area contributed by atoms with E-state index in [1.165, 1.54) is 6.07 Å². The molecule has 19 heavy (non-hydrogen) atoms. The van der Waals surface area contributed by atoms with E-state index in [1.807, 2.05) is 36.4 Å². The maximum Gasteiger partial charge on any atom is 0.340 e. The Bertz CT molecular complexity index is 874. The molecule has 3 rings (SSSR count). The Kier molecular flexibility index (Phi) is 2.70. The van der Waals surface area contributed by atoms with Gasteiger partial charge in [-0.1, -0.05) is 36.4 Å². The molecular weight excluding hydrogens is 266 g/mol. The molecule has 0 fully saturated rings. The summed E-state index contributed by atoms with van der Waals surface area (Å²) in [5.74, 6) is 0. The lowest BCUT2D eigenvalue weighted by molar-refractivity contribution is -0.130. The minimum Gasteiger partial charge on any atom is -0.235 e. The molecule has 6 heteroatoms. The molecule has 0 spiro atoms. The average molecular weight is 275 g/mol. The van der Waals surface area contributed by atoms with Gasteiger partial charge >= 0.3 is 10.1 Å². The van der Waals surface area contributed by atoms with Gasteiger partial charge in [-0.3, -0.25) is 0 Å². The van der Waals surface area contributed by atoms with Gasteiger partial charge in [-0.25, -0.2) is 10.2 Å². The number of aromatic nitrogens is 1. The molecular formula is C13H9NO4S. The molecule has 0 saturated carbocycles. The van der Waals surface area contributed by atoms with Crippen LogP contribution in [0.3, 0.4) is 0 Å². The highest BCUT2D eigenvalue weighted by Gasteiger charge is 2.17. The van der Waals surface area contributed by atoms with Crippen molar-refractivity contribution in [2.75, 3.05) is 0 Å². The number of fused-ring (bicyclic) bond motifs is 3. The zero-order valence-electron chi connectivity index (χ0n) is 9.65. The molecule has 0 aliphatic carbocycles. The van der Waals surface area contributed by atoms with Crippen LogP contribution in [0.2, 0.25) is 0 Å². The molecule has 0 amide bonds. The Balaban J connectivity index is 2.41. The second-order valence-electron chi connectivity index (χ2n) is 4.04. The molecule has 1 aromatic heterocycles. The summed E-state index contributed by atoms with van der Waals surface area (Å²) in [7, 11) is -4.21. The highest BCUT2D eigenvalue weighted by atomic mass is 32.2. The summed E-state index contributed by atoms with van der Waals surface area (Å²) in [6.45, 7) is 0. The summed E-state index contributed by atoms with van der Waals surface area (Å²) in [4.78, 5) is 4.07. The molecule has 3 aromatic rings. The fourth-order valence-corrected chi connectivity index (χ4v) is 2.53. The predicted molar refractivity (Wildman–Crippen MR) is 70.1 cm³/mol. The van der Waals surface area contributed by atoms with E-state index in [9.17, 15) is 8.42 Å². The first-order valence-corrected chi connectivity index (χ1v) is 6.89. The van der Waals surface area contributed by atoms with Crippen molar-refractivity contribution in [3.05, 3.63) is 48.5 Å². The summed E-state index contributed by atoms with van der Waals surface area (Å²) in [6, 6.07) is 14.3. The molecule has 0 atom stereocenters. The minimum atomic E-state index is -4.21. The largest absolute Gasteiger partial charge is 0.340 e. The van der Waals surface area contributed by atoms with Gasteiger partial charge in [-0.15, -0.1) is 4.33 Å². The van der Waals surface area contributed by atoms with E-state index >= 15 is 0 Å². The first-order chi connectivity index (χ1) is 9.12. The smallest absolute Gasteiger partial charge is 0.235 e. The third-order valence-electron chi connectivity index (χ3n) is 2.91. The number of hydrogen-bond acceptors (Lipinski definition) is 5. The van der Waals surface area contributed by atoms with Crippen molar-refractivity contribution in [3.8, 4) is 0 Å².